The second-order valence-electron chi connectivity index (χ2n) is 4.39. The maximum Gasteiger partial charge on any atom is 0.411 e. The van der Waals surface area contributed by atoms with Crippen molar-refractivity contribution in [2.24, 2.45) is 0 Å². The number of alkyl halides is 3. The molecule has 0 saturated carbocycles. The number of halogens is 3. The summed E-state index contributed by atoms with van der Waals surface area (Å²) in [6.45, 7) is 0.290. The van der Waals surface area contributed by atoms with Crippen LogP contribution in [0.25, 0.3) is 0 Å². The van der Waals surface area contributed by atoms with Crippen LogP contribution in [0.4, 0.5) is 13.2 Å². The highest BCUT2D eigenvalue weighted by Crippen LogP contribution is 2.24. The first-order valence-corrected chi connectivity index (χ1v) is 6.10. The average molecular weight is 275 g/mol. The molecule has 1 aromatic rings. The summed E-state index contributed by atoms with van der Waals surface area (Å²) in [5.74, 6) is 0. The maximum absolute atomic E-state index is 11.9. The molecule has 0 aliphatic carbocycles. The lowest BCUT2D eigenvalue weighted by atomic mass is 9.99. The van der Waals surface area contributed by atoms with E-state index in [1.165, 1.54) is 0 Å². The Morgan fingerprint density at radius 2 is 2.11 bits per heavy atom. The molecule has 2 rings (SSSR count). The number of hydrogen-bond donors (Lipinski definition) is 1. The third kappa shape index (κ3) is 4.49. The minimum absolute atomic E-state index is 0.0134. The first kappa shape index (κ1) is 14.3. The second-order valence-corrected chi connectivity index (χ2v) is 4.39. The van der Waals surface area contributed by atoms with Gasteiger partial charge in [-0.25, -0.2) is 0 Å². The molecule has 106 valence electrons. The smallest absolute Gasteiger partial charge is 0.375 e. The Labute approximate surface area is 109 Å². The molecule has 3 nitrogen and oxygen atoms in total. The Balaban J connectivity index is 1.75. The molecule has 19 heavy (non-hydrogen) atoms. The zero-order valence-corrected chi connectivity index (χ0v) is 10.4. The van der Waals surface area contributed by atoms with E-state index in [-0.39, 0.29) is 12.6 Å². The van der Waals surface area contributed by atoms with E-state index in [1.807, 2.05) is 24.3 Å². The van der Waals surface area contributed by atoms with Crippen LogP contribution >= 0.6 is 0 Å². The van der Waals surface area contributed by atoms with Gasteiger partial charge in [0.05, 0.1) is 25.9 Å². The molecule has 1 atom stereocenters. The fourth-order valence-electron chi connectivity index (χ4n) is 2.04. The largest absolute Gasteiger partial charge is 0.411 e. The number of rotatable bonds is 5. The highest BCUT2D eigenvalue weighted by Gasteiger charge is 2.27. The van der Waals surface area contributed by atoms with Crippen molar-refractivity contribution >= 4 is 0 Å². The SMILES string of the molecule is FC(F)(F)COCCNC1COCc2ccccc21. The van der Waals surface area contributed by atoms with Crippen LogP contribution in [0.15, 0.2) is 24.3 Å². The van der Waals surface area contributed by atoms with Crippen molar-refractivity contribution in [1.82, 2.24) is 5.32 Å². The first-order chi connectivity index (χ1) is 9.06. The fraction of sp³-hybridized carbons (Fsp3) is 0.538. The number of hydrogen-bond acceptors (Lipinski definition) is 3. The van der Waals surface area contributed by atoms with E-state index in [0.29, 0.717) is 19.8 Å². The third-order valence-electron chi connectivity index (χ3n) is 2.88. The fourth-order valence-corrected chi connectivity index (χ4v) is 2.04. The van der Waals surface area contributed by atoms with E-state index in [2.05, 4.69) is 10.1 Å². The highest BCUT2D eigenvalue weighted by molar-refractivity contribution is 5.30. The molecule has 6 heteroatoms. The molecule has 0 bridgehead atoms. The Bertz CT molecular complexity index is 409. The van der Waals surface area contributed by atoms with Gasteiger partial charge in [-0.05, 0) is 11.1 Å². The summed E-state index contributed by atoms with van der Waals surface area (Å²) in [6, 6.07) is 7.89. The van der Waals surface area contributed by atoms with Crippen molar-refractivity contribution in [2.75, 3.05) is 26.4 Å². The lowest BCUT2D eigenvalue weighted by molar-refractivity contribution is -0.173. The maximum atomic E-state index is 11.9. The van der Waals surface area contributed by atoms with Gasteiger partial charge in [-0.2, -0.15) is 13.2 Å². The highest BCUT2D eigenvalue weighted by atomic mass is 19.4. The van der Waals surface area contributed by atoms with Crippen LogP contribution in [0, 0.1) is 0 Å². The van der Waals surface area contributed by atoms with Crippen LogP contribution in [0.5, 0.6) is 0 Å². The lowest BCUT2D eigenvalue weighted by Crippen LogP contribution is -2.32. The molecule has 0 amide bonds. The van der Waals surface area contributed by atoms with E-state index >= 15 is 0 Å². The minimum Gasteiger partial charge on any atom is -0.375 e. The van der Waals surface area contributed by atoms with Crippen LogP contribution in [0.3, 0.4) is 0 Å². The van der Waals surface area contributed by atoms with Gasteiger partial charge < -0.3 is 14.8 Å². The third-order valence-corrected chi connectivity index (χ3v) is 2.88. The van der Waals surface area contributed by atoms with Gasteiger partial charge in [0.2, 0.25) is 0 Å². The molecule has 1 aliphatic rings. The zero-order valence-electron chi connectivity index (χ0n) is 10.4. The van der Waals surface area contributed by atoms with Crippen molar-refractivity contribution in [1.29, 1.82) is 0 Å². The summed E-state index contributed by atoms with van der Waals surface area (Å²) in [5.41, 5.74) is 2.26. The molecule has 1 aromatic carbocycles. The van der Waals surface area contributed by atoms with Crippen LogP contribution in [-0.4, -0.2) is 32.5 Å². The number of fused-ring (bicyclic) bond motifs is 1. The summed E-state index contributed by atoms with van der Waals surface area (Å²) in [7, 11) is 0. The summed E-state index contributed by atoms with van der Waals surface area (Å²) >= 11 is 0. The number of benzene rings is 1. The van der Waals surface area contributed by atoms with Gasteiger partial charge in [0.1, 0.15) is 6.61 Å². The minimum atomic E-state index is -4.26. The van der Waals surface area contributed by atoms with Crippen molar-refractivity contribution < 1.29 is 22.6 Å². The number of nitrogens with one attached hydrogen (secondary N) is 1. The molecular weight excluding hydrogens is 259 g/mol. The molecule has 0 spiro atoms. The predicted molar refractivity (Wildman–Crippen MR) is 63.7 cm³/mol. The van der Waals surface area contributed by atoms with Gasteiger partial charge in [-0.15, -0.1) is 0 Å². The summed E-state index contributed by atoms with van der Waals surface area (Å²) in [6.07, 6.45) is -4.26. The molecule has 1 unspecified atom stereocenters. The zero-order chi connectivity index (χ0) is 13.7. The quantitative estimate of drug-likeness (QED) is 0.837. The Morgan fingerprint density at radius 1 is 1.32 bits per heavy atom. The Hall–Kier alpha value is -1.11. The van der Waals surface area contributed by atoms with E-state index in [1.54, 1.807) is 0 Å². The van der Waals surface area contributed by atoms with Crippen LogP contribution in [0.2, 0.25) is 0 Å². The van der Waals surface area contributed by atoms with Crippen molar-refractivity contribution in [3.05, 3.63) is 35.4 Å². The van der Waals surface area contributed by atoms with Crippen LogP contribution in [-0.2, 0) is 16.1 Å². The van der Waals surface area contributed by atoms with Gasteiger partial charge in [0, 0.05) is 6.54 Å². The standard InChI is InChI=1S/C13H16F3NO2/c14-13(15,16)9-18-6-5-17-12-8-19-7-10-3-1-2-4-11(10)12/h1-4,12,17H,5-9H2. The van der Waals surface area contributed by atoms with E-state index < -0.39 is 12.8 Å². The lowest BCUT2D eigenvalue weighted by Gasteiger charge is -2.26. The average Bonchev–Trinajstić information content (AvgIpc) is 2.37. The molecule has 0 radical (unpaired) electrons. The Kier molecular flexibility index (Phi) is 4.79. The van der Waals surface area contributed by atoms with Gasteiger partial charge in [0.15, 0.2) is 0 Å². The van der Waals surface area contributed by atoms with Gasteiger partial charge >= 0.3 is 6.18 Å². The molecule has 0 aromatic heterocycles. The van der Waals surface area contributed by atoms with Crippen molar-refractivity contribution in [3.63, 3.8) is 0 Å². The van der Waals surface area contributed by atoms with Gasteiger partial charge in [-0.3, -0.25) is 0 Å². The number of ether oxygens (including phenoxy) is 2. The summed E-state index contributed by atoms with van der Waals surface area (Å²) in [5, 5.41) is 3.15. The van der Waals surface area contributed by atoms with Gasteiger partial charge in [0.25, 0.3) is 0 Å². The summed E-state index contributed by atoms with van der Waals surface area (Å²) in [4.78, 5) is 0. The molecule has 0 saturated heterocycles. The topological polar surface area (TPSA) is 30.5 Å². The molecule has 1 aliphatic heterocycles. The summed E-state index contributed by atoms with van der Waals surface area (Å²) < 4.78 is 45.6. The van der Waals surface area contributed by atoms with Crippen LogP contribution < -0.4 is 5.32 Å². The molecular formula is C13H16F3NO2. The van der Waals surface area contributed by atoms with E-state index in [9.17, 15) is 13.2 Å². The van der Waals surface area contributed by atoms with Gasteiger partial charge in [-0.1, -0.05) is 24.3 Å². The molecule has 1 N–H and O–H groups in total. The van der Waals surface area contributed by atoms with E-state index in [0.717, 1.165) is 11.1 Å². The van der Waals surface area contributed by atoms with Crippen molar-refractivity contribution in [2.45, 2.75) is 18.8 Å². The Morgan fingerprint density at radius 3 is 2.89 bits per heavy atom. The second kappa shape index (κ2) is 6.36. The van der Waals surface area contributed by atoms with Crippen molar-refractivity contribution in [3.8, 4) is 0 Å². The monoisotopic (exact) mass is 275 g/mol. The molecule has 0 fully saturated rings. The predicted octanol–water partition coefficient (Wildman–Crippen LogP) is 2.43. The first-order valence-electron chi connectivity index (χ1n) is 6.10. The van der Waals surface area contributed by atoms with Crippen LogP contribution in [0.1, 0.15) is 17.2 Å². The van der Waals surface area contributed by atoms with E-state index in [4.69, 9.17) is 4.74 Å². The molecule has 1 heterocycles. The normalized spacial score (nSPS) is 19.2.